The Morgan fingerprint density at radius 3 is 2.69 bits per heavy atom. The summed E-state index contributed by atoms with van der Waals surface area (Å²) in [6.07, 6.45) is 0.0448. The summed E-state index contributed by atoms with van der Waals surface area (Å²) >= 11 is 6.90. The predicted octanol–water partition coefficient (Wildman–Crippen LogP) is 3.46. The first-order chi connectivity index (χ1) is 13.9. The molecule has 0 radical (unpaired) electrons. The van der Waals surface area contributed by atoms with Crippen molar-refractivity contribution < 1.29 is 17.9 Å². The summed E-state index contributed by atoms with van der Waals surface area (Å²) in [4.78, 5) is 16.4. The molecule has 0 aliphatic rings. The van der Waals surface area contributed by atoms with Crippen LogP contribution in [0.1, 0.15) is 11.3 Å². The zero-order valence-electron chi connectivity index (χ0n) is 15.4. The molecule has 0 aliphatic heterocycles. The number of benzene rings is 2. The Bertz CT molecular complexity index is 1100. The number of sulfonamides is 1. The highest BCUT2D eigenvalue weighted by molar-refractivity contribution is 7.93. The van der Waals surface area contributed by atoms with E-state index >= 15 is 0 Å². The topological polar surface area (TPSA) is 97.4 Å². The van der Waals surface area contributed by atoms with E-state index in [1.54, 1.807) is 12.5 Å². The maximum Gasteiger partial charge on any atom is 0.263 e. The van der Waals surface area contributed by atoms with Crippen molar-refractivity contribution >= 4 is 44.0 Å². The lowest BCUT2D eigenvalue weighted by atomic mass is 10.2. The molecule has 2 aromatic carbocycles. The molecule has 29 heavy (non-hydrogen) atoms. The first-order valence-corrected chi connectivity index (χ1v) is 11.2. The molecule has 1 aromatic heterocycles. The Labute approximate surface area is 177 Å². The number of hydrogen-bond donors (Lipinski definition) is 2. The highest BCUT2D eigenvalue weighted by Gasteiger charge is 2.16. The second-order valence-corrected chi connectivity index (χ2v) is 8.99. The number of thiazole rings is 1. The number of anilines is 1. The van der Waals surface area contributed by atoms with Gasteiger partial charge in [-0.05, 0) is 42.0 Å². The smallest absolute Gasteiger partial charge is 0.263 e. The van der Waals surface area contributed by atoms with E-state index < -0.39 is 10.0 Å². The van der Waals surface area contributed by atoms with Gasteiger partial charge in [0.15, 0.2) is 5.13 Å². The number of methoxy groups -OCH3 is 1. The maximum atomic E-state index is 12.4. The van der Waals surface area contributed by atoms with E-state index in [1.165, 1.54) is 24.3 Å². The van der Waals surface area contributed by atoms with Crippen LogP contribution >= 0.6 is 22.9 Å². The van der Waals surface area contributed by atoms with E-state index in [0.29, 0.717) is 23.0 Å². The Morgan fingerprint density at radius 2 is 1.97 bits per heavy atom. The van der Waals surface area contributed by atoms with Gasteiger partial charge in [-0.15, -0.1) is 11.3 Å². The average molecular weight is 452 g/mol. The number of carbonyl (C=O) groups excluding carboxylic acids is 1. The number of hydrogen-bond acceptors (Lipinski definition) is 6. The number of carbonyl (C=O) groups is 1. The van der Waals surface area contributed by atoms with Crippen molar-refractivity contribution in [3.8, 4) is 5.75 Å². The molecule has 3 rings (SSSR count). The third kappa shape index (κ3) is 5.93. The fourth-order valence-electron chi connectivity index (χ4n) is 2.43. The summed E-state index contributed by atoms with van der Waals surface area (Å²) < 4.78 is 32.3. The lowest BCUT2D eigenvalue weighted by Gasteiger charge is -2.06. The number of ether oxygens (including phenoxy) is 1. The molecule has 0 fully saturated rings. The average Bonchev–Trinajstić information content (AvgIpc) is 3.12. The van der Waals surface area contributed by atoms with Gasteiger partial charge in [-0.1, -0.05) is 23.7 Å². The SMILES string of the molecule is COc1cccc(CNC(=O)Cc2csc(NS(=O)(=O)c3ccc(Cl)cc3)n2)c1. The van der Waals surface area contributed by atoms with Crippen LogP contribution in [0.25, 0.3) is 0 Å². The van der Waals surface area contributed by atoms with Crippen molar-refractivity contribution in [3.05, 3.63) is 70.2 Å². The van der Waals surface area contributed by atoms with Crippen LogP contribution in [-0.2, 0) is 27.8 Å². The number of nitrogens with zero attached hydrogens (tertiary/aromatic N) is 1. The number of rotatable bonds is 8. The summed E-state index contributed by atoms with van der Waals surface area (Å²) in [6.45, 7) is 0.357. The second-order valence-electron chi connectivity index (χ2n) is 6.01. The van der Waals surface area contributed by atoms with Gasteiger partial charge in [-0.25, -0.2) is 13.4 Å². The van der Waals surface area contributed by atoms with Crippen LogP contribution in [0.15, 0.2) is 58.8 Å². The van der Waals surface area contributed by atoms with Crippen LogP contribution in [0.4, 0.5) is 5.13 Å². The van der Waals surface area contributed by atoms with Crippen LogP contribution in [0.2, 0.25) is 5.02 Å². The van der Waals surface area contributed by atoms with E-state index in [2.05, 4.69) is 15.0 Å². The van der Waals surface area contributed by atoms with Crippen LogP contribution in [-0.4, -0.2) is 26.4 Å². The first kappa shape index (κ1) is 21.1. The van der Waals surface area contributed by atoms with E-state index in [9.17, 15) is 13.2 Å². The third-order valence-electron chi connectivity index (χ3n) is 3.86. The third-order valence-corrected chi connectivity index (χ3v) is 6.41. The molecule has 0 unspecified atom stereocenters. The van der Waals surface area contributed by atoms with Crippen molar-refractivity contribution in [2.75, 3.05) is 11.8 Å². The molecule has 0 atom stereocenters. The van der Waals surface area contributed by atoms with Gasteiger partial charge in [-0.3, -0.25) is 9.52 Å². The molecular formula is C19H18ClN3O4S2. The quantitative estimate of drug-likeness (QED) is 0.546. The van der Waals surface area contributed by atoms with Crippen LogP contribution in [0, 0.1) is 0 Å². The highest BCUT2D eigenvalue weighted by Crippen LogP contribution is 2.21. The van der Waals surface area contributed by atoms with E-state index in [1.807, 2.05) is 24.3 Å². The Balaban J connectivity index is 1.56. The minimum Gasteiger partial charge on any atom is -0.497 e. The molecule has 0 spiro atoms. The highest BCUT2D eigenvalue weighted by atomic mass is 35.5. The molecular weight excluding hydrogens is 434 g/mol. The van der Waals surface area contributed by atoms with E-state index in [-0.39, 0.29) is 22.4 Å². The molecule has 0 saturated carbocycles. The molecule has 1 heterocycles. The minimum atomic E-state index is -3.77. The van der Waals surface area contributed by atoms with Crippen molar-refractivity contribution in [3.63, 3.8) is 0 Å². The van der Waals surface area contributed by atoms with Gasteiger partial charge in [-0.2, -0.15) is 0 Å². The summed E-state index contributed by atoms with van der Waals surface area (Å²) in [5.41, 5.74) is 1.39. The first-order valence-electron chi connectivity index (χ1n) is 8.48. The fraction of sp³-hybridized carbons (Fsp3) is 0.158. The minimum absolute atomic E-state index is 0.0448. The van der Waals surface area contributed by atoms with Gasteiger partial charge in [0.1, 0.15) is 5.75 Å². The van der Waals surface area contributed by atoms with Crippen molar-refractivity contribution in [2.24, 2.45) is 0 Å². The van der Waals surface area contributed by atoms with E-state index in [4.69, 9.17) is 16.3 Å². The number of halogens is 1. The molecule has 0 saturated heterocycles. The number of amides is 1. The molecule has 0 aliphatic carbocycles. The van der Waals surface area contributed by atoms with Crippen molar-refractivity contribution in [1.82, 2.24) is 10.3 Å². The molecule has 152 valence electrons. The fourth-order valence-corrected chi connectivity index (χ4v) is 4.52. The Kier molecular flexibility index (Phi) is 6.73. The summed E-state index contributed by atoms with van der Waals surface area (Å²) in [5.74, 6) is 0.499. The molecule has 3 aromatic rings. The van der Waals surface area contributed by atoms with Gasteiger partial charge in [0.05, 0.1) is 24.1 Å². The zero-order chi connectivity index (χ0) is 20.9. The van der Waals surface area contributed by atoms with Gasteiger partial charge in [0.2, 0.25) is 5.91 Å². The number of nitrogens with one attached hydrogen (secondary N) is 2. The maximum absolute atomic E-state index is 12.4. The van der Waals surface area contributed by atoms with Crippen molar-refractivity contribution in [1.29, 1.82) is 0 Å². The lowest BCUT2D eigenvalue weighted by Crippen LogP contribution is -2.24. The summed E-state index contributed by atoms with van der Waals surface area (Å²) in [5, 5.41) is 5.09. The zero-order valence-corrected chi connectivity index (χ0v) is 17.8. The van der Waals surface area contributed by atoms with E-state index in [0.717, 1.165) is 16.9 Å². The normalized spacial score (nSPS) is 11.1. The standard InChI is InChI=1S/C19H18ClN3O4S2/c1-27-16-4-2-3-13(9-16)11-21-18(24)10-15-12-28-19(22-15)23-29(25,26)17-7-5-14(20)6-8-17/h2-9,12H,10-11H2,1H3,(H,21,24)(H,22,23). The van der Waals surface area contributed by atoms with Crippen LogP contribution < -0.4 is 14.8 Å². The number of aromatic nitrogens is 1. The molecule has 7 nitrogen and oxygen atoms in total. The summed E-state index contributed by atoms with van der Waals surface area (Å²) in [7, 11) is -2.19. The van der Waals surface area contributed by atoms with Crippen LogP contribution in [0.3, 0.4) is 0 Å². The second kappa shape index (κ2) is 9.25. The largest absolute Gasteiger partial charge is 0.497 e. The van der Waals surface area contributed by atoms with Crippen molar-refractivity contribution in [2.45, 2.75) is 17.9 Å². The monoisotopic (exact) mass is 451 g/mol. The molecule has 2 N–H and O–H groups in total. The lowest BCUT2D eigenvalue weighted by molar-refractivity contribution is -0.120. The van der Waals surface area contributed by atoms with Crippen LogP contribution in [0.5, 0.6) is 5.75 Å². The molecule has 1 amide bonds. The van der Waals surface area contributed by atoms with Gasteiger partial charge < -0.3 is 10.1 Å². The Morgan fingerprint density at radius 1 is 1.21 bits per heavy atom. The van der Waals surface area contributed by atoms with Gasteiger partial charge in [0, 0.05) is 16.9 Å². The predicted molar refractivity (Wildman–Crippen MR) is 113 cm³/mol. The van der Waals surface area contributed by atoms with Gasteiger partial charge >= 0.3 is 0 Å². The molecule has 10 heteroatoms. The summed E-state index contributed by atoms with van der Waals surface area (Å²) in [6, 6.07) is 13.2. The molecule has 0 bridgehead atoms. The van der Waals surface area contributed by atoms with Gasteiger partial charge in [0.25, 0.3) is 10.0 Å². The Hall–Kier alpha value is -2.62.